The molecule has 19 heavy (non-hydrogen) atoms. The largest absolute Gasteiger partial charge is 0.467 e. The third kappa shape index (κ3) is 3.45. The lowest BCUT2D eigenvalue weighted by atomic mass is 10.1. The highest BCUT2D eigenvalue weighted by molar-refractivity contribution is 5.96. The number of carbonyl (C=O) groups is 2. The van der Waals surface area contributed by atoms with Crippen LogP contribution in [0.15, 0.2) is 18.2 Å². The van der Waals surface area contributed by atoms with E-state index in [4.69, 9.17) is 0 Å². The first-order chi connectivity index (χ1) is 8.61. The molecule has 0 radical (unpaired) electrons. The number of fused-ring (bicyclic) bond motifs is 1. The fourth-order valence-electron chi connectivity index (χ4n) is 1.95. The second-order valence-corrected chi connectivity index (χ2v) is 4.31. The summed E-state index contributed by atoms with van der Waals surface area (Å²) in [5.41, 5.74) is 2.91. The Kier molecular flexibility index (Phi) is 5.32. The predicted octanol–water partition coefficient (Wildman–Crippen LogP) is 1.00. The minimum absolute atomic E-state index is 0. The molecule has 104 valence electrons. The summed E-state index contributed by atoms with van der Waals surface area (Å²) < 4.78 is 4.56. The van der Waals surface area contributed by atoms with Gasteiger partial charge < -0.3 is 15.4 Å². The van der Waals surface area contributed by atoms with Crippen molar-refractivity contribution in [1.29, 1.82) is 0 Å². The van der Waals surface area contributed by atoms with Crippen molar-refractivity contribution in [2.24, 2.45) is 0 Å². The molecule has 0 saturated heterocycles. The Bertz CT molecular complexity index is 491. The van der Waals surface area contributed by atoms with Gasteiger partial charge in [0, 0.05) is 18.7 Å². The average Bonchev–Trinajstić information content (AvgIpc) is 2.84. The average molecular weight is 285 g/mol. The number of halogens is 1. The molecule has 0 aromatic heterocycles. The van der Waals surface area contributed by atoms with Gasteiger partial charge in [0.1, 0.15) is 6.04 Å². The number of methoxy groups -OCH3 is 1. The standard InChI is InChI=1S/C13H16N2O3.ClH/c1-8(13(17)18-2)15-12(16)9-3-4-10-6-14-7-11(10)5-9;/h3-5,8,14H,6-7H2,1-2H3,(H,15,16);1H. The maximum Gasteiger partial charge on any atom is 0.328 e. The molecular weight excluding hydrogens is 268 g/mol. The summed E-state index contributed by atoms with van der Waals surface area (Å²) in [5.74, 6) is -0.714. The molecule has 5 nitrogen and oxygen atoms in total. The number of benzene rings is 1. The number of esters is 1. The minimum atomic E-state index is -0.645. The van der Waals surface area contributed by atoms with Crippen molar-refractivity contribution in [2.45, 2.75) is 26.1 Å². The van der Waals surface area contributed by atoms with E-state index in [1.807, 2.05) is 12.1 Å². The van der Waals surface area contributed by atoms with Crippen LogP contribution in [0, 0.1) is 0 Å². The zero-order valence-electron chi connectivity index (χ0n) is 10.9. The molecule has 1 unspecified atom stereocenters. The number of ether oxygens (including phenoxy) is 1. The first-order valence-corrected chi connectivity index (χ1v) is 5.83. The number of hydrogen-bond donors (Lipinski definition) is 2. The maximum atomic E-state index is 11.9. The summed E-state index contributed by atoms with van der Waals surface area (Å²) in [6.45, 7) is 3.22. The van der Waals surface area contributed by atoms with Crippen LogP contribution in [-0.2, 0) is 22.6 Å². The van der Waals surface area contributed by atoms with E-state index >= 15 is 0 Å². The van der Waals surface area contributed by atoms with Crippen LogP contribution in [0.3, 0.4) is 0 Å². The minimum Gasteiger partial charge on any atom is -0.467 e. The quantitative estimate of drug-likeness (QED) is 0.813. The fourth-order valence-corrected chi connectivity index (χ4v) is 1.95. The van der Waals surface area contributed by atoms with Gasteiger partial charge in [0.2, 0.25) is 0 Å². The zero-order chi connectivity index (χ0) is 13.1. The van der Waals surface area contributed by atoms with E-state index in [9.17, 15) is 9.59 Å². The Morgan fingerprint density at radius 1 is 1.32 bits per heavy atom. The number of rotatable bonds is 3. The molecule has 1 aliphatic heterocycles. The van der Waals surface area contributed by atoms with Gasteiger partial charge in [-0.15, -0.1) is 12.4 Å². The lowest BCUT2D eigenvalue weighted by molar-refractivity contribution is -0.142. The highest BCUT2D eigenvalue weighted by Crippen LogP contribution is 2.17. The summed E-state index contributed by atoms with van der Waals surface area (Å²) in [6, 6.07) is 4.92. The Balaban J connectivity index is 0.00000180. The summed E-state index contributed by atoms with van der Waals surface area (Å²) >= 11 is 0. The Hall–Kier alpha value is -1.59. The molecule has 0 bridgehead atoms. The second-order valence-electron chi connectivity index (χ2n) is 4.31. The molecule has 1 aromatic rings. The van der Waals surface area contributed by atoms with Crippen molar-refractivity contribution in [2.75, 3.05) is 7.11 Å². The van der Waals surface area contributed by atoms with Gasteiger partial charge in [0.15, 0.2) is 0 Å². The number of amides is 1. The molecule has 0 fully saturated rings. The van der Waals surface area contributed by atoms with Crippen LogP contribution in [0.5, 0.6) is 0 Å². The molecule has 2 N–H and O–H groups in total. The Morgan fingerprint density at radius 3 is 2.68 bits per heavy atom. The molecule has 1 aromatic carbocycles. The van der Waals surface area contributed by atoms with Crippen LogP contribution >= 0.6 is 12.4 Å². The number of nitrogens with one attached hydrogen (secondary N) is 2. The molecule has 2 rings (SSSR count). The first kappa shape index (κ1) is 15.5. The molecule has 6 heteroatoms. The lowest BCUT2D eigenvalue weighted by Crippen LogP contribution is -2.39. The Labute approximate surface area is 118 Å². The molecule has 0 saturated carbocycles. The van der Waals surface area contributed by atoms with Gasteiger partial charge in [0.05, 0.1) is 7.11 Å². The number of carbonyl (C=O) groups excluding carboxylic acids is 2. The predicted molar refractivity (Wildman–Crippen MR) is 73.2 cm³/mol. The number of hydrogen-bond acceptors (Lipinski definition) is 4. The van der Waals surface area contributed by atoms with Crippen molar-refractivity contribution in [3.8, 4) is 0 Å². The molecule has 1 atom stereocenters. The summed E-state index contributed by atoms with van der Waals surface area (Å²) in [7, 11) is 1.30. The monoisotopic (exact) mass is 284 g/mol. The van der Waals surface area contributed by atoms with Crippen molar-refractivity contribution in [3.05, 3.63) is 34.9 Å². The van der Waals surface area contributed by atoms with Crippen LogP contribution in [0.2, 0.25) is 0 Å². The van der Waals surface area contributed by atoms with Crippen LogP contribution in [0.4, 0.5) is 0 Å². The van der Waals surface area contributed by atoms with E-state index in [0.29, 0.717) is 5.56 Å². The lowest BCUT2D eigenvalue weighted by Gasteiger charge is -2.12. The van der Waals surface area contributed by atoms with E-state index in [0.717, 1.165) is 18.7 Å². The van der Waals surface area contributed by atoms with Crippen molar-refractivity contribution in [1.82, 2.24) is 10.6 Å². The van der Waals surface area contributed by atoms with Crippen LogP contribution in [0.1, 0.15) is 28.4 Å². The van der Waals surface area contributed by atoms with E-state index in [-0.39, 0.29) is 18.3 Å². The highest BCUT2D eigenvalue weighted by atomic mass is 35.5. The summed E-state index contributed by atoms with van der Waals surface area (Å²) in [4.78, 5) is 23.2. The summed E-state index contributed by atoms with van der Waals surface area (Å²) in [5, 5.41) is 5.82. The third-order valence-electron chi connectivity index (χ3n) is 3.00. The van der Waals surface area contributed by atoms with Crippen LogP contribution < -0.4 is 10.6 Å². The van der Waals surface area contributed by atoms with E-state index in [1.54, 1.807) is 13.0 Å². The van der Waals surface area contributed by atoms with E-state index in [1.165, 1.54) is 12.7 Å². The molecule has 0 spiro atoms. The van der Waals surface area contributed by atoms with Crippen molar-refractivity contribution < 1.29 is 14.3 Å². The van der Waals surface area contributed by atoms with Gasteiger partial charge in [0.25, 0.3) is 5.91 Å². The van der Waals surface area contributed by atoms with Crippen LogP contribution in [-0.4, -0.2) is 25.0 Å². The normalized spacial score (nSPS) is 14.0. The maximum absolute atomic E-state index is 11.9. The fraction of sp³-hybridized carbons (Fsp3) is 0.385. The van der Waals surface area contributed by atoms with E-state index < -0.39 is 12.0 Å². The van der Waals surface area contributed by atoms with Gasteiger partial charge in [-0.25, -0.2) is 4.79 Å². The van der Waals surface area contributed by atoms with Gasteiger partial charge in [-0.3, -0.25) is 4.79 Å². The smallest absolute Gasteiger partial charge is 0.328 e. The topological polar surface area (TPSA) is 67.4 Å². The summed E-state index contributed by atoms with van der Waals surface area (Å²) in [6.07, 6.45) is 0. The zero-order valence-corrected chi connectivity index (χ0v) is 11.7. The molecule has 0 aliphatic carbocycles. The first-order valence-electron chi connectivity index (χ1n) is 5.83. The second kappa shape index (κ2) is 6.54. The van der Waals surface area contributed by atoms with Gasteiger partial charge in [-0.2, -0.15) is 0 Å². The van der Waals surface area contributed by atoms with Gasteiger partial charge in [-0.1, -0.05) is 6.07 Å². The Morgan fingerprint density at radius 2 is 2.00 bits per heavy atom. The molecular formula is C13H17ClN2O3. The van der Waals surface area contributed by atoms with Gasteiger partial charge >= 0.3 is 5.97 Å². The SMILES string of the molecule is COC(=O)C(C)NC(=O)c1ccc2c(c1)CNC2.Cl. The molecule has 1 heterocycles. The molecule has 1 aliphatic rings. The van der Waals surface area contributed by atoms with Crippen molar-refractivity contribution >= 4 is 24.3 Å². The van der Waals surface area contributed by atoms with E-state index in [2.05, 4.69) is 15.4 Å². The van der Waals surface area contributed by atoms with Crippen LogP contribution in [0.25, 0.3) is 0 Å². The van der Waals surface area contributed by atoms with Crippen molar-refractivity contribution in [3.63, 3.8) is 0 Å². The highest BCUT2D eigenvalue weighted by Gasteiger charge is 2.18. The molecule has 1 amide bonds. The van der Waals surface area contributed by atoms with Gasteiger partial charge in [-0.05, 0) is 30.2 Å². The third-order valence-corrected chi connectivity index (χ3v) is 3.00.